The molecule has 0 aliphatic heterocycles. The molecule has 1 amide bonds. The van der Waals surface area contributed by atoms with Gasteiger partial charge in [-0.1, -0.05) is 13.0 Å². The maximum Gasteiger partial charge on any atom is 0.419 e. The highest BCUT2D eigenvalue weighted by molar-refractivity contribution is 9.10. The highest BCUT2D eigenvalue weighted by Gasteiger charge is 2.37. The predicted octanol–water partition coefficient (Wildman–Crippen LogP) is 8.23. The van der Waals surface area contributed by atoms with Crippen molar-refractivity contribution in [3.63, 3.8) is 0 Å². The number of anilines is 2. The number of amides is 1. The Labute approximate surface area is 284 Å². The second-order valence-corrected chi connectivity index (χ2v) is 12.7. The first kappa shape index (κ1) is 37.1. The number of nitrogens with zero attached hydrogens (tertiary/aromatic N) is 2. The summed E-state index contributed by atoms with van der Waals surface area (Å²) < 4.78 is 75.0. The van der Waals surface area contributed by atoms with Crippen molar-refractivity contribution in [3.8, 4) is 11.5 Å². The molecule has 1 fully saturated rings. The standard InChI is InChI=1S/C34H38BrF4N3O6/c1-19-5-9-22(10-6-19)32(43)42(23(17-46-3)18-47-4)28-15-26(36)30(14-24(28)33(44)45)48-29-12-8-21(13-25(29)34(37,38)39)16-40-27-11-7-20(2)41-31(27)35/h7-8,11-15,19,22-23,40H,5-6,9-10,16-18H2,1-4H3,(H,44,45). The molecule has 48 heavy (non-hydrogen) atoms. The van der Waals surface area contributed by atoms with Crippen molar-refractivity contribution in [1.82, 2.24) is 4.98 Å². The molecule has 0 spiro atoms. The van der Waals surface area contributed by atoms with E-state index in [1.807, 2.05) is 0 Å². The molecule has 1 aromatic heterocycles. The van der Waals surface area contributed by atoms with E-state index >= 15 is 4.39 Å². The lowest BCUT2D eigenvalue weighted by Crippen LogP contribution is -2.49. The molecule has 0 radical (unpaired) electrons. The zero-order chi connectivity index (χ0) is 35.2. The third-order valence-electron chi connectivity index (χ3n) is 8.27. The van der Waals surface area contributed by atoms with Crippen molar-refractivity contribution < 1.29 is 46.5 Å². The van der Waals surface area contributed by atoms with E-state index in [-0.39, 0.29) is 31.0 Å². The molecule has 260 valence electrons. The molecule has 1 aliphatic carbocycles. The van der Waals surface area contributed by atoms with Crippen LogP contribution < -0.4 is 15.0 Å². The summed E-state index contributed by atoms with van der Waals surface area (Å²) in [4.78, 5) is 32.0. The fourth-order valence-corrected chi connectivity index (χ4v) is 6.30. The van der Waals surface area contributed by atoms with E-state index in [2.05, 4.69) is 33.2 Å². The van der Waals surface area contributed by atoms with E-state index in [0.717, 1.165) is 42.8 Å². The maximum absolute atomic E-state index is 15.8. The third kappa shape index (κ3) is 9.03. The van der Waals surface area contributed by atoms with E-state index in [1.54, 1.807) is 19.1 Å². The van der Waals surface area contributed by atoms with Crippen molar-refractivity contribution in [2.24, 2.45) is 11.8 Å². The number of benzene rings is 2. The molecule has 4 rings (SSSR count). The van der Waals surface area contributed by atoms with Gasteiger partial charge in [-0.2, -0.15) is 13.2 Å². The van der Waals surface area contributed by atoms with E-state index in [4.69, 9.17) is 14.2 Å². The zero-order valence-electron chi connectivity index (χ0n) is 27.0. The first-order valence-electron chi connectivity index (χ1n) is 15.4. The van der Waals surface area contributed by atoms with Crippen LogP contribution in [0.15, 0.2) is 47.1 Å². The lowest BCUT2D eigenvalue weighted by Gasteiger charge is -2.36. The second kappa shape index (κ2) is 16.1. The molecule has 9 nitrogen and oxygen atoms in total. The van der Waals surface area contributed by atoms with Crippen molar-refractivity contribution in [1.29, 1.82) is 0 Å². The molecule has 0 unspecified atom stereocenters. The molecule has 0 saturated heterocycles. The predicted molar refractivity (Wildman–Crippen MR) is 175 cm³/mol. The fraction of sp³-hybridized carbons (Fsp3) is 0.441. The van der Waals surface area contributed by atoms with Gasteiger partial charge >= 0.3 is 12.1 Å². The smallest absolute Gasteiger partial charge is 0.419 e. The normalized spacial score (nSPS) is 16.5. The summed E-state index contributed by atoms with van der Waals surface area (Å²) in [6.07, 6.45) is -2.15. The summed E-state index contributed by atoms with van der Waals surface area (Å²) in [5, 5.41) is 13.2. The maximum atomic E-state index is 15.8. The van der Waals surface area contributed by atoms with Gasteiger partial charge < -0.3 is 29.5 Å². The number of methoxy groups -OCH3 is 2. The summed E-state index contributed by atoms with van der Waals surface area (Å²) in [5.41, 5.74) is -0.425. The lowest BCUT2D eigenvalue weighted by atomic mass is 9.82. The van der Waals surface area contributed by atoms with Crippen LogP contribution in [0, 0.1) is 24.6 Å². The van der Waals surface area contributed by atoms with Crippen LogP contribution in [0.5, 0.6) is 11.5 Å². The Balaban J connectivity index is 1.71. The number of carboxylic acids is 1. The van der Waals surface area contributed by atoms with Gasteiger partial charge in [0.2, 0.25) is 5.91 Å². The second-order valence-electron chi connectivity index (χ2n) is 11.9. The van der Waals surface area contributed by atoms with Crippen molar-refractivity contribution in [2.75, 3.05) is 37.7 Å². The number of aryl methyl sites for hydroxylation is 1. The average Bonchev–Trinajstić information content (AvgIpc) is 3.02. The van der Waals surface area contributed by atoms with Gasteiger partial charge in [-0.25, -0.2) is 14.2 Å². The Bertz CT molecular complexity index is 1610. The number of aromatic carboxylic acids is 1. The summed E-state index contributed by atoms with van der Waals surface area (Å²) in [5.74, 6) is -4.59. The third-order valence-corrected chi connectivity index (χ3v) is 8.87. The largest absolute Gasteiger partial charge is 0.478 e. The molecule has 1 aliphatic rings. The summed E-state index contributed by atoms with van der Waals surface area (Å²) in [7, 11) is 2.81. The Morgan fingerprint density at radius 1 is 1.04 bits per heavy atom. The van der Waals surface area contributed by atoms with Gasteiger partial charge in [0.15, 0.2) is 11.6 Å². The molecule has 3 aromatic rings. The number of ether oxygens (including phenoxy) is 3. The van der Waals surface area contributed by atoms with Crippen LogP contribution in [-0.4, -0.2) is 55.4 Å². The van der Waals surface area contributed by atoms with Gasteiger partial charge in [0.25, 0.3) is 0 Å². The number of carbonyl (C=O) groups is 2. The number of aromatic nitrogens is 1. The minimum absolute atomic E-state index is 0.00675. The Morgan fingerprint density at radius 2 is 1.71 bits per heavy atom. The number of hydrogen-bond acceptors (Lipinski definition) is 7. The number of alkyl halides is 3. The number of halogens is 5. The summed E-state index contributed by atoms with van der Waals surface area (Å²) >= 11 is 3.32. The van der Waals surface area contributed by atoms with Gasteiger partial charge in [0.05, 0.1) is 41.8 Å². The van der Waals surface area contributed by atoms with E-state index in [1.165, 1.54) is 25.2 Å². The highest BCUT2D eigenvalue weighted by Crippen LogP contribution is 2.41. The van der Waals surface area contributed by atoms with Crippen LogP contribution in [0.1, 0.15) is 59.8 Å². The van der Waals surface area contributed by atoms with Crippen LogP contribution in [0.25, 0.3) is 0 Å². The number of nitrogens with one attached hydrogen (secondary N) is 1. The van der Waals surface area contributed by atoms with Crippen molar-refractivity contribution >= 4 is 39.2 Å². The average molecular weight is 741 g/mol. The molecule has 14 heteroatoms. The Hall–Kier alpha value is -3.75. The zero-order valence-corrected chi connectivity index (χ0v) is 28.6. The van der Waals surface area contributed by atoms with Crippen molar-refractivity contribution in [3.05, 3.63) is 75.3 Å². The number of pyridine rings is 1. The topological polar surface area (TPSA) is 110 Å². The Kier molecular flexibility index (Phi) is 12.4. The molecule has 2 aromatic carbocycles. The first-order chi connectivity index (χ1) is 22.7. The summed E-state index contributed by atoms with van der Waals surface area (Å²) in [6, 6.07) is 7.56. The van der Waals surface area contributed by atoms with Crippen LogP contribution in [0.4, 0.5) is 28.9 Å². The molecular formula is C34H38BrF4N3O6. The molecule has 0 atom stereocenters. The van der Waals surface area contributed by atoms with Crippen LogP contribution in [0.2, 0.25) is 0 Å². The van der Waals surface area contributed by atoms with E-state index in [9.17, 15) is 27.9 Å². The molecule has 0 bridgehead atoms. The minimum atomic E-state index is -4.89. The molecular weight excluding hydrogens is 702 g/mol. The first-order valence-corrected chi connectivity index (χ1v) is 16.2. The van der Waals surface area contributed by atoms with Crippen LogP contribution in [-0.2, 0) is 27.0 Å². The molecule has 1 saturated carbocycles. The SMILES string of the molecule is COCC(COC)N(C(=O)C1CCC(C)CC1)c1cc(F)c(Oc2ccc(CNc3ccc(C)nc3Br)cc2C(F)(F)F)cc1C(=O)O. The van der Waals surface area contributed by atoms with Crippen molar-refractivity contribution in [2.45, 2.75) is 58.3 Å². The molecule has 1 heterocycles. The summed E-state index contributed by atoms with van der Waals surface area (Å²) in [6.45, 7) is 3.80. The monoisotopic (exact) mass is 739 g/mol. The van der Waals surface area contributed by atoms with Gasteiger partial charge in [-0.3, -0.25) is 4.79 Å². The highest BCUT2D eigenvalue weighted by atomic mass is 79.9. The van der Waals surface area contributed by atoms with Gasteiger partial charge in [0, 0.05) is 44.5 Å². The molecule has 2 N–H and O–H groups in total. The minimum Gasteiger partial charge on any atom is -0.478 e. The van der Waals surface area contributed by atoms with Gasteiger partial charge in [-0.15, -0.1) is 0 Å². The van der Waals surface area contributed by atoms with E-state index < -0.39 is 58.5 Å². The Morgan fingerprint density at radius 3 is 2.29 bits per heavy atom. The number of hydrogen-bond donors (Lipinski definition) is 2. The lowest BCUT2D eigenvalue weighted by molar-refractivity contribution is -0.138. The van der Waals surface area contributed by atoms with Gasteiger partial charge in [0.1, 0.15) is 10.4 Å². The van der Waals surface area contributed by atoms with Crippen LogP contribution >= 0.6 is 15.9 Å². The van der Waals surface area contributed by atoms with Gasteiger partial charge in [-0.05, 0) is 84.3 Å². The number of carboxylic acid groups (broad SMARTS) is 1. The fourth-order valence-electron chi connectivity index (χ4n) is 5.74. The number of carbonyl (C=O) groups excluding carboxylic acids is 1. The van der Waals surface area contributed by atoms with E-state index in [0.29, 0.717) is 29.1 Å². The number of rotatable bonds is 13. The van der Waals surface area contributed by atoms with Crippen LogP contribution in [0.3, 0.4) is 0 Å². The quantitative estimate of drug-likeness (QED) is 0.133.